The van der Waals surface area contributed by atoms with E-state index in [0.717, 1.165) is 10.5 Å². The third-order valence-corrected chi connectivity index (χ3v) is 6.24. The Kier molecular flexibility index (Phi) is 5.97. The van der Waals surface area contributed by atoms with Gasteiger partial charge in [-0.05, 0) is 50.6 Å². The molecule has 12 nitrogen and oxygen atoms in total. The van der Waals surface area contributed by atoms with Crippen LogP contribution in [0.4, 0.5) is 9.59 Å². The number of furan rings is 1. The van der Waals surface area contributed by atoms with E-state index in [0.29, 0.717) is 22.3 Å². The van der Waals surface area contributed by atoms with Crippen molar-refractivity contribution in [2.24, 2.45) is 0 Å². The minimum Gasteiger partial charge on any atom is -0.497 e. The number of hydrogen-bond acceptors (Lipinski definition) is 9. The first kappa shape index (κ1) is 25.1. The van der Waals surface area contributed by atoms with Crippen LogP contribution < -0.4 is 10.1 Å². The monoisotopic (exact) mass is 522 g/mol. The number of hydrogen-bond donors (Lipinski definition) is 1. The van der Waals surface area contributed by atoms with Gasteiger partial charge in [-0.25, -0.2) is 14.5 Å². The van der Waals surface area contributed by atoms with Crippen molar-refractivity contribution >= 4 is 35.0 Å². The summed E-state index contributed by atoms with van der Waals surface area (Å²) in [5, 5.41) is 3.29. The lowest BCUT2D eigenvalue weighted by atomic mass is 9.95. The summed E-state index contributed by atoms with van der Waals surface area (Å²) in [6, 6.07) is 7.56. The van der Waals surface area contributed by atoms with E-state index in [4.69, 9.17) is 18.6 Å². The standard InChI is InChI=1S/C26H26N4O8/c1-25(2,3)38-24(34)36-14-30-22(32)26(28-23(30)33,20-9-16-11-27-8-7-19(16)37-20)13-29-12-15-5-6-17(35-4)10-18(15)21(29)31/h5-11H,12-14H2,1-4H3,(H,28,33)/t26-/m0/s1. The topological polar surface area (TPSA) is 141 Å². The third kappa shape index (κ3) is 4.38. The lowest BCUT2D eigenvalue weighted by Gasteiger charge is -2.29. The van der Waals surface area contributed by atoms with Crippen molar-refractivity contribution in [1.82, 2.24) is 20.1 Å². The maximum Gasteiger partial charge on any atom is 0.510 e. The van der Waals surface area contributed by atoms with Crippen molar-refractivity contribution in [1.29, 1.82) is 0 Å². The van der Waals surface area contributed by atoms with Crippen molar-refractivity contribution in [3.8, 4) is 5.75 Å². The lowest BCUT2D eigenvalue weighted by Crippen LogP contribution is -2.52. The number of urea groups is 1. The normalized spacial score (nSPS) is 19.1. The van der Waals surface area contributed by atoms with E-state index in [1.165, 1.54) is 18.2 Å². The molecule has 0 unspecified atom stereocenters. The van der Waals surface area contributed by atoms with E-state index in [9.17, 15) is 19.2 Å². The molecule has 12 heteroatoms. The molecule has 4 heterocycles. The first-order valence-electron chi connectivity index (χ1n) is 11.8. The Labute approximate surface area is 217 Å². The highest BCUT2D eigenvalue weighted by Gasteiger charge is 2.57. The number of pyridine rings is 1. The van der Waals surface area contributed by atoms with Gasteiger partial charge in [-0.3, -0.25) is 14.6 Å². The number of imide groups is 1. The van der Waals surface area contributed by atoms with Crippen molar-refractivity contribution in [2.75, 3.05) is 20.4 Å². The van der Waals surface area contributed by atoms with E-state index < -0.39 is 36.0 Å². The maximum absolute atomic E-state index is 13.9. The lowest BCUT2D eigenvalue weighted by molar-refractivity contribution is -0.135. The van der Waals surface area contributed by atoms with Crippen LogP contribution in [0.2, 0.25) is 0 Å². The fraction of sp³-hybridized carbons (Fsp3) is 0.346. The molecule has 198 valence electrons. The van der Waals surface area contributed by atoms with Gasteiger partial charge in [0.15, 0.2) is 12.3 Å². The smallest absolute Gasteiger partial charge is 0.497 e. The number of carbonyl (C=O) groups is 4. The quantitative estimate of drug-likeness (QED) is 0.382. The second-order valence-electron chi connectivity index (χ2n) is 10.0. The summed E-state index contributed by atoms with van der Waals surface area (Å²) in [7, 11) is 1.50. The van der Waals surface area contributed by atoms with Gasteiger partial charge in [0.2, 0.25) is 0 Å². The molecule has 1 atom stereocenters. The molecular formula is C26H26N4O8. The average Bonchev–Trinajstić information content (AvgIpc) is 3.50. The number of methoxy groups -OCH3 is 1. The van der Waals surface area contributed by atoms with Gasteiger partial charge in [-0.1, -0.05) is 6.07 Å². The van der Waals surface area contributed by atoms with Crippen molar-refractivity contribution < 1.29 is 37.8 Å². The molecular weight excluding hydrogens is 496 g/mol. The Morgan fingerprint density at radius 1 is 1.18 bits per heavy atom. The molecule has 0 spiro atoms. The predicted molar refractivity (Wildman–Crippen MR) is 131 cm³/mol. The summed E-state index contributed by atoms with van der Waals surface area (Å²) in [4.78, 5) is 58.5. The Morgan fingerprint density at radius 3 is 2.68 bits per heavy atom. The highest BCUT2D eigenvalue weighted by molar-refractivity contribution is 6.08. The second-order valence-corrected chi connectivity index (χ2v) is 10.0. The Bertz CT molecular complexity index is 1430. The fourth-order valence-electron chi connectivity index (χ4n) is 4.47. The molecule has 0 radical (unpaired) electrons. The minimum absolute atomic E-state index is 0.111. The highest BCUT2D eigenvalue weighted by Crippen LogP contribution is 2.37. The van der Waals surface area contributed by atoms with E-state index in [-0.39, 0.29) is 24.8 Å². The molecule has 0 saturated carbocycles. The zero-order chi connectivity index (χ0) is 27.2. The van der Waals surface area contributed by atoms with E-state index in [1.807, 2.05) is 0 Å². The summed E-state index contributed by atoms with van der Waals surface area (Å²) in [6.07, 6.45) is 2.06. The molecule has 1 fully saturated rings. The zero-order valence-corrected chi connectivity index (χ0v) is 21.3. The van der Waals surface area contributed by atoms with Gasteiger partial charge in [0.05, 0.1) is 13.7 Å². The van der Waals surface area contributed by atoms with Crippen molar-refractivity contribution in [3.05, 3.63) is 59.6 Å². The molecule has 38 heavy (non-hydrogen) atoms. The number of fused-ring (bicyclic) bond motifs is 2. The van der Waals surface area contributed by atoms with Crippen LogP contribution in [0.25, 0.3) is 11.0 Å². The molecule has 2 aliphatic rings. The minimum atomic E-state index is -1.78. The van der Waals surface area contributed by atoms with E-state index >= 15 is 0 Å². The maximum atomic E-state index is 13.9. The third-order valence-electron chi connectivity index (χ3n) is 6.24. The summed E-state index contributed by atoms with van der Waals surface area (Å²) < 4.78 is 21.4. The largest absolute Gasteiger partial charge is 0.510 e. The summed E-state index contributed by atoms with van der Waals surface area (Å²) >= 11 is 0. The van der Waals surface area contributed by atoms with Gasteiger partial charge in [0.25, 0.3) is 11.8 Å². The number of benzene rings is 1. The number of ether oxygens (including phenoxy) is 3. The first-order valence-corrected chi connectivity index (χ1v) is 11.8. The number of amides is 4. The van der Waals surface area contributed by atoms with Crippen LogP contribution in [0.5, 0.6) is 5.75 Å². The second kappa shape index (κ2) is 9.05. The zero-order valence-electron chi connectivity index (χ0n) is 21.3. The molecule has 0 aliphatic carbocycles. The van der Waals surface area contributed by atoms with Crippen LogP contribution in [-0.2, 0) is 26.4 Å². The van der Waals surface area contributed by atoms with Crippen LogP contribution >= 0.6 is 0 Å². The number of nitrogens with zero attached hydrogens (tertiary/aromatic N) is 3. The molecule has 5 rings (SSSR count). The molecule has 1 aromatic carbocycles. The van der Waals surface area contributed by atoms with Gasteiger partial charge in [-0.15, -0.1) is 0 Å². The Morgan fingerprint density at radius 2 is 1.97 bits per heavy atom. The molecule has 2 aromatic heterocycles. The molecule has 3 aromatic rings. The van der Waals surface area contributed by atoms with Crippen LogP contribution in [0.15, 0.2) is 47.1 Å². The van der Waals surface area contributed by atoms with Crippen molar-refractivity contribution in [3.63, 3.8) is 0 Å². The molecule has 4 amide bonds. The predicted octanol–water partition coefficient (Wildman–Crippen LogP) is 3.15. The average molecular weight is 523 g/mol. The number of aromatic nitrogens is 1. The summed E-state index contributed by atoms with van der Waals surface area (Å²) in [5.41, 5.74) is -0.971. The van der Waals surface area contributed by atoms with Crippen LogP contribution in [0.3, 0.4) is 0 Å². The van der Waals surface area contributed by atoms with Gasteiger partial charge in [0.1, 0.15) is 22.7 Å². The number of rotatable bonds is 6. The number of nitrogens with one attached hydrogen (secondary N) is 1. The van der Waals surface area contributed by atoms with Gasteiger partial charge >= 0.3 is 12.2 Å². The Balaban J connectivity index is 1.47. The molecule has 2 aliphatic heterocycles. The molecule has 1 saturated heterocycles. The van der Waals surface area contributed by atoms with Crippen LogP contribution in [0, 0.1) is 0 Å². The summed E-state index contributed by atoms with van der Waals surface area (Å²) in [6.45, 7) is 4.26. The van der Waals surface area contributed by atoms with Gasteiger partial charge < -0.3 is 28.8 Å². The Hall–Kier alpha value is -4.61. The van der Waals surface area contributed by atoms with Gasteiger partial charge in [-0.2, -0.15) is 0 Å². The van der Waals surface area contributed by atoms with Crippen LogP contribution in [0.1, 0.15) is 42.5 Å². The summed E-state index contributed by atoms with van der Waals surface area (Å²) in [5.74, 6) is -0.449. The molecule has 0 bridgehead atoms. The van der Waals surface area contributed by atoms with Gasteiger partial charge in [0, 0.05) is 29.9 Å². The van der Waals surface area contributed by atoms with Crippen LogP contribution in [-0.4, -0.2) is 64.8 Å². The van der Waals surface area contributed by atoms with E-state index in [1.54, 1.807) is 57.3 Å². The highest BCUT2D eigenvalue weighted by atomic mass is 16.7. The molecule has 1 N–H and O–H groups in total. The van der Waals surface area contributed by atoms with E-state index in [2.05, 4.69) is 10.3 Å². The fourth-order valence-corrected chi connectivity index (χ4v) is 4.47. The first-order chi connectivity index (χ1) is 18.0. The number of carbonyl (C=O) groups excluding carboxylic acids is 4. The van der Waals surface area contributed by atoms with Crippen molar-refractivity contribution in [2.45, 2.75) is 38.5 Å². The SMILES string of the molecule is COc1ccc2c(c1)C(=O)N(C[C@@]1(c3cc4cnccc4o3)NC(=O)N(COC(=O)OC(C)(C)C)C1=O)C2.